The summed E-state index contributed by atoms with van der Waals surface area (Å²) in [6.45, 7) is 6.57. The van der Waals surface area contributed by atoms with Gasteiger partial charge in [0.2, 0.25) is 5.91 Å². The molecule has 1 aromatic rings. The molecule has 0 aromatic carbocycles. The van der Waals surface area contributed by atoms with Crippen molar-refractivity contribution in [3.63, 3.8) is 0 Å². The van der Waals surface area contributed by atoms with Crippen LogP contribution < -0.4 is 5.32 Å². The van der Waals surface area contributed by atoms with Crippen molar-refractivity contribution in [3.05, 3.63) is 17.0 Å². The summed E-state index contributed by atoms with van der Waals surface area (Å²) in [6, 6.07) is -1.06. The zero-order chi connectivity index (χ0) is 18.8. The van der Waals surface area contributed by atoms with Gasteiger partial charge in [0, 0.05) is 11.3 Å². The van der Waals surface area contributed by atoms with Crippen LogP contribution in [0, 0.1) is 19.8 Å². The molecule has 24 heavy (non-hydrogen) atoms. The van der Waals surface area contributed by atoms with Gasteiger partial charge < -0.3 is 10.4 Å². The Bertz CT molecular complexity index is 623. The maximum absolute atomic E-state index is 12.6. The van der Waals surface area contributed by atoms with Gasteiger partial charge in [-0.1, -0.05) is 13.8 Å². The number of nitrogens with one attached hydrogen (secondary N) is 1. The minimum Gasteiger partial charge on any atom is -0.480 e. The van der Waals surface area contributed by atoms with Gasteiger partial charge in [-0.25, -0.2) is 4.79 Å². The normalized spacial score (nSPS) is 14.5. The lowest BCUT2D eigenvalue weighted by molar-refractivity contribution is -0.143. The summed E-state index contributed by atoms with van der Waals surface area (Å²) in [5, 5.41) is 15.4. The molecule has 0 aliphatic rings. The molecule has 6 nitrogen and oxygen atoms in total. The number of carboxylic acid groups (broad SMARTS) is 1. The summed E-state index contributed by atoms with van der Waals surface area (Å²) >= 11 is 0. The zero-order valence-electron chi connectivity index (χ0n) is 14.2. The van der Waals surface area contributed by atoms with E-state index in [-0.39, 0.29) is 11.6 Å². The van der Waals surface area contributed by atoms with Crippen molar-refractivity contribution in [2.45, 2.75) is 59.3 Å². The fraction of sp³-hybridized carbons (Fsp3) is 0.667. The quantitative estimate of drug-likeness (QED) is 0.826. The van der Waals surface area contributed by atoms with Crippen LogP contribution in [0.15, 0.2) is 0 Å². The molecule has 0 saturated carbocycles. The topological polar surface area (TPSA) is 84.2 Å². The van der Waals surface area contributed by atoms with Crippen molar-refractivity contribution < 1.29 is 27.9 Å². The van der Waals surface area contributed by atoms with Gasteiger partial charge in [0.1, 0.15) is 12.6 Å². The number of aromatic nitrogens is 2. The third-order valence-electron chi connectivity index (χ3n) is 3.82. The fourth-order valence-electron chi connectivity index (χ4n) is 2.58. The molecule has 0 aliphatic carbocycles. The van der Waals surface area contributed by atoms with Crippen LogP contribution in [-0.4, -0.2) is 39.0 Å². The highest BCUT2D eigenvalue weighted by atomic mass is 19.4. The van der Waals surface area contributed by atoms with Crippen LogP contribution in [-0.2, 0) is 16.1 Å². The molecule has 0 aliphatic heterocycles. The molecule has 136 valence electrons. The Balaban J connectivity index is 3.04. The molecule has 1 aromatic heterocycles. The molecule has 1 rings (SSSR count). The minimum absolute atomic E-state index is 0.240. The van der Waals surface area contributed by atoms with E-state index in [4.69, 9.17) is 5.11 Å². The molecule has 2 atom stereocenters. The standard InChI is InChI=1S/C15H22F3N3O3/c1-7(2)12(14(23)24)19-13(22)8(3)11-9(4)20-21(10(11)5)6-15(16,17)18/h7-8,12H,6H2,1-5H3,(H,19,22)(H,23,24). The van der Waals surface area contributed by atoms with E-state index in [0.29, 0.717) is 11.3 Å². The first-order chi connectivity index (χ1) is 10.8. The number of halogens is 3. The van der Waals surface area contributed by atoms with E-state index in [1.165, 1.54) is 20.8 Å². The molecule has 0 bridgehead atoms. The first kappa shape index (κ1) is 20.0. The Morgan fingerprint density at radius 1 is 1.25 bits per heavy atom. The Labute approximate surface area is 138 Å². The number of carbonyl (C=O) groups excluding carboxylic acids is 1. The van der Waals surface area contributed by atoms with Crippen LogP contribution in [0.3, 0.4) is 0 Å². The van der Waals surface area contributed by atoms with Crippen LogP contribution in [0.1, 0.15) is 43.6 Å². The maximum Gasteiger partial charge on any atom is 0.408 e. The largest absolute Gasteiger partial charge is 0.480 e. The Morgan fingerprint density at radius 3 is 2.21 bits per heavy atom. The number of nitrogens with zero attached hydrogens (tertiary/aromatic N) is 2. The lowest BCUT2D eigenvalue weighted by atomic mass is 9.96. The van der Waals surface area contributed by atoms with E-state index in [0.717, 1.165) is 4.68 Å². The molecule has 0 fully saturated rings. The molecule has 0 saturated heterocycles. The Kier molecular flexibility index (Phi) is 6.02. The van der Waals surface area contributed by atoms with E-state index >= 15 is 0 Å². The number of hydrogen-bond acceptors (Lipinski definition) is 3. The highest BCUT2D eigenvalue weighted by Gasteiger charge is 2.32. The highest BCUT2D eigenvalue weighted by Crippen LogP contribution is 2.26. The second-order valence-corrected chi connectivity index (χ2v) is 6.15. The Morgan fingerprint density at radius 2 is 1.79 bits per heavy atom. The minimum atomic E-state index is -4.42. The van der Waals surface area contributed by atoms with Gasteiger partial charge in [-0.15, -0.1) is 0 Å². The average molecular weight is 349 g/mol. The van der Waals surface area contributed by atoms with E-state index in [9.17, 15) is 22.8 Å². The molecule has 1 heterocycles. The fourth-order valence-corrected chi connectivity index (χ4v) is 2.58. The molecule has 0 spiro atoms. The Hall–Kier alpha value is -2.06. The number of hydrogen-bond donors (Lipinski definition) is 2. The van der Waals surface area contributed by atoms with Gasteiger partial charge in [0.25, 0.3) is 0 Å². The van der Waals surface area contributed by atoms with Crippen molar-refractivity contribution >= 4 is 11.9 Å². The van der Waals surface area contributed by atoms with Crippen molar-refractivity contribution in [2.24, 2.45) is 5.92 Å². The summed E-state index contributed by atoms with van der Waals surface area (Å²) in [5.74, 6) is -2.86. The van der Waals surface area contributed by atoms with E-state index in [1.54, 1.807) is 13.8 Å². The molecular weight excluding hydrogens is 327 g/mol. The van der Waals surface area contributed by atoms with Gasteiger partial charge in [0.05, 0.1) is 11.6 Å². The summed E-state index contributed by atoms with van der Waals surface area (Å²) < 4.78 is 38.5. The second kappa shape index (κ2) is 7.23. The predicted molar refractivity (Wildman–Crippen MR) is 80.6 cm³/mol. The van der Waals surface area contributed by atoms with Crippen LogP contribution >= 0.6 is 0 Å². The number of amides is 1. The summed E-state index contributed by atoms with van der Waals surface area (Å²) in [4.78, 5) is 23.5. The van der Waals surface area contributed by atoms with E-state index in [1.807, 2.05) is 0 Å². The first-order valence-corrected chi connectivity index (χ1v) is 7.49. The molecular formula is C15H22F3N3O3. The molecule has 2 N–H and O–H groups in total. The second-order valence-electron chi connectivity index (χ2n) is 6.15. The first-order valence-electron chi connectivity index (χ1n) is 7.49. The lowest BCUT2D eigenvalue weighted by Crippen LogP contribution is -2.45. The highest BCUT2D eigenvalue weighted by molar-refractivity contribution is 5.88. The molecule has 0 radical (unpaired) electrons. The third-order valence-corrected chi connectivity index (χ3v) is 3.82. The number of aliphatic carboxylic acids is 1. The van der Waals surface area contributed by atoms with Crippen molar-refractivity contribution in [3.8, 4) is 0 Å². The molecule has 1 amide bonds. The number of carbonyl (C=O) groups is 2. The maximum atomic E-state index is 12.6. The van der Waals surface area contributed by atoms with Crippen LogP contribution in [0.25, 0.3) is 0 Å². The average Bonchev–Trinajstić information content (AvgIpc) is 2.66. The van der Waals surface area contributed by atoms with Crippen molar-refractivity contribution in [2.75, 3.05) is 0 Å². The van der Waals surface area contributed by atoms with E-state index < -0.39 is 36.6 Å². The van der Waals surface area contributed by atoms with Gasteiger partial charge in [-0.3, -0.25) is 9.48 Å². The molecule has 9 heteroatoms. The van der Waals surface area contributed by atoms with Crippen molar-refractivity contribution in [1.29, 1.82) is 0 Å². The third kappa shape index (κ3) is 4.72. The van der Waals surface area contributed by atoms with Gasteiger partial charge in [-0.05, 0) is 26.7 Å². The number of alkyl halides is 3. The van der Waals surface area contributed by atoms with Crippen LogP contribution in [0.5, 0.6) is 0 Å². The smallest absolute Gasteiger partial charge is 0.408 e. The summed E-state index contributed by atoms with van der Waals surface area (Å²) in [6.07, 6.45) is -4.42. The summed E-state index contributed by atoms with van der Waals surface area (Å²) in [7, 11) is 0. The zero-order valence-corrected chi connectivity index (χ0v) is 14.2. The lowest BCUT2D eigenvalue weighted by Gasteiger charge is -2.21. The van der Waals surface area contributed by atoms with Gasteiger partial charge in [0.15, 0.2) is 0 Å². The van der Waals surface area contributed by atoms with Crippen LogP contribution in [0.4, 0.5) is 13.2 Å². The number of carboxylic acids is 1. The van der Waals surface area contributed by atoms with E-state index in [2.05, 4.69) is 10.4 Å². The van der Waals surface area contributed by atoms with Crippen molar-refractivity contribution in [1.82, 2.24) is 15.1 Å². The predicted octanol–water partition coefficient (Wildman–Crippen LogP) is 2.39. The van der Waals surface area contributed by atoms with Crippen LogP contribution in [0.2, 0.25) is 0 Å². The van der Waals surface area contributed by atoms with Gasteiger partial charge in [-0.2, -0.15) is 18.3 Å². The SMILES string of the molecule is Cc1nn(CC(F)(F)F)c(C)c1C(C)C(=O)NC(C(=O)O)C(C)C. The number of aryl methyl sites for hydroxylation is 1. The summed E-state index contributed by atoms with van der Waals surface area (Å²) in [5.41, 5.74) is 0.935. The molecule has 2 unspecified atom stereocenters. The monoisotopic (exact) mass is 349 g/mol. The number of rotatable bonds is 6. The van der Waals surface area contributed by atoms with Gasteiger partial charge >= 0.3 is 12.1 Å².